The van der Waals surface area contributed by atoms with Crippen LogP contribution in [0.3, 0.4) is 0 Å². The van der Waals surface area contributed by atoms with Crippen LogP contribution >= 0.6 is 11.6 Å². The normalized spacial score (nSPS) is 13.7. The molecule has 0 heterocycles. The van der Waals surface area contributed by atoms with Crippen LogP contribution < -0.4 is 11.1 Å². The topological polar surface area (TPSA) is 38.0 Å². The minimum atomic E-state index is -4.37. The minimum absolute atomic E-state index is 0.186. The standard InChI is InChI=1S/C13H18ClF3N2/c1-8(2)9(6-18)7-19-12-5-10(13(15,16)17)3-4-11(12)14/h3-5,8-9,19H,6-7,18H2,1-2H3. The Kier molecular flexibility index (Phi) is 5.50. The molecule has 3 N–H and O–H groups in total. The number of alkyl halides is 3. The Hall–Kier alpha value is -0.940. The first-order valence-electron chi connectivity index (χ1n) is 6.06. The molecule has 19 heavy (non-hydrogen) atoms. The summed E-state index contributed by atoms with van der Waals surface area (Å²) in [5.74, 6) is 0.535. The molecule has 0 aliphatic carbocycles. The van der Waals surface area contributed by atoms with Crippen molar-refractivity contribution in [2.24, 2.45) is 17.6 Å². The van der Waals surface area contributed by atoms with Crippen molar-refractivity contribution in [3.63, 3.8) is 0 Å². The van der Waals surface area contributed by atoms with Crippen LogP contribution in [0.1, 0.15) is 19.4 Å². The molecule has 6 heteroatoms. The summed E-state index contributed by atoms with van der Waals surface area (Å²) in [6.07, 6.45) is -4.37. The maximum atomic E-state index is 12.6. The lowest BCUT2D eigenvalue weighted by molar-refractivity contribution is -0.137. The summed E-state index contributed by atoms with van der Waals surface area (Å²) in [5.41, 5.74) is 5.20. The van der Waals surface area contributed by atoms with Gasteiger partial charge in [-0.05, 0) is 36.6 Å². The van der Waals surface area contributed by atoms with Crippen molar-refractivity contribution in [2.45, 2.75) is 20.0 Å². The van der Waals surface area contributed by atoms with E-state index in [0.717, 1.165) is 12.1 Å². The van der Waals surface area contributed by atoms with E-state index in [1.54, 1.807) is 0 Å². The van der Waals surface area contributed by atoms with E-state index in [4.69, 9.17) is 17.3 Å². The molecular weight excluding hydrogens is 277 g/mol. The molecule has 108 valence electrons. The summed E-state index contributed by atoms with van der Waals surface area (Å²) in [6, 6.07) is 3.24. The molecule has 0 fully saturated rings. The second kappa shape index (κ2) is 6.48. The second-order valence-corrected chi connectivity index (χ2v) is 5.22. The van der Waals surface area contributed by atoms with Crippen molar-refractivity contribution in [1.82, 2.24) is 0 Å². The summed E-state index contributed by atoms with van der Waals surface area (Å²) in [6.45, 7) is 5.01. The maximum absolute atomic E-state index is 12.6. The molecular formula is C13H18ClF3N2. The van der Waals surface area contributed by atoms with Crippen molar-refractivity contribution in [3.05, 3.63) is 28.8 Å². The minimum Gasteiger partial charge on any atom is -0.383 e. The quantitative estimate of drug-likeness (QED) is 0.861. The number of nitrogens with two attached hydrogens (primary N) is 1. The Morgan fingerprint density at radius 2 is 1.95 bits per heavy atom. The number of anilines is 1. The number of halogens is 4. The molecule has 1 rings (SSSR count). The highest BCUT2D eigenvalue weighted by molar-refractivity contribution is 6.33. The van der Waals surface area contributed by atoms with Gasteiger partial charge >= 0.3 is 6.18 Å². The average Bonchev–Trinajstić information content (AvgIpc) is 2.30. The molecule has 0 radical (unpaired) electrons. The van der Waals surface area contributed by atoms with Crippen LogP contribution in [0.5, 0.6) is 0 Å². The molecule has 1 aromatic rings. The van der Waals surface area contributed by atoms with E-state index in [1.807, 2.05) is 13.8 Å². The molecule has 0 spiro atoms. The molecule has 1 aromatic carbocycles. The van der Waals surface area contributed by atoms with Crippen LogP contribution in [0.2, 0.25) is 5.02 Å². The van der Waals surface area contributed by atoms with Crippen LogP contribution in [0, 0.1) is 11.8 Å². The lowest BCUT2D eigenvalue weighted by Crippen LogP contribution is -2.27. The Morgan fingerprint density at radius 1 is 1.32 bits per heavy atom. The van der Waals surface area contributed by atoms with Crippen molar-refractivity contribution in [2.75, 3.05) is 18.4 Å². The monoisotopic (exact) mass is 294 g/mol. The smallest absolute Gasteiger partial charge is 0.383 e. The second-order valence-electron chi connectivity index (χ2n) is 4.81. The SMILES string of the molecule is CC(C)C(CN)CNc1cc(C(F)(F)F)ccc1Cl. The molecule has 2 nitrogen and oxygen atoms in total. The average molecular weight is 295 g/mol. The highest BCUT2D eigenvalue weighted by atomic mass is 35.5. The number of hydrogen-bond acceptors (Lipinski definition) is 2. The molecule has 0 aromatic heterocycles. The van der Waals surface area contributed by atoms with Gasteiger partial charge in [-0.25, -0.2) is 0 Å². The molecule has 0 saturated heterocycles. The number of benzene rings is 1. The Morgan fingerprint density at radius 3 is 2.42 bits per heavy atom. The first kappa shape index (κ1) is 16.1. The van der Waals surface area contributed by atoms with Gasteiger partial charge in [0.25, 0.3) is 0 Å². The van der Waals surface area contributed by atoms with E-state index in [0.29, 0.717) is 19.0 Å². The third kappa shape index (κ3) is 4.58. The van der Waals surface area contributed by atoms with Gasteiger partial charge in [-0.2, -0.15) is 13.2 Å². The molecule has 0 bridgehead atoms. The zero-order valence-corrected chi connectivity index (χ0v) is 11.6. The van der Waals surface area contributed by atoms with Crippen LogP contribution in [-0.2, 0) is 6.18 Å². The molecule has 0 amide bonds. The predicted octanol–water partition coefficient (Wildman–Crippen LogP) is 4.00. The summed E-state index contributed by atoms with van der Waals surface area (Å²) in [7, 11) is 0. The number of rotatable bonds is 5. The van der Waals surface area contributed by atoms with Gasteiger partial charge in [-0.3, -0.25) is 0 Å². The van der Waals surface area contributed by atoms with Gasteiger partial charge in [-0.1, -0.05) is 25.4 Å². The first-order chi connectivity index (χ1) is 8.75. The van der Waals surface area contributed by atoms with Crippen molar-refractivity contribution in [1.29, 1.82) is 0 Å². The Balaban J connectivity index is 2.83. The fourth-order valence-electron chi connectivity index (χ4n) is 1.67. The maximum Gasteiger partial charge on any atom is 0.416 e. The lowest BCUT2D eigenvalue weighted by Gasteiger charge is -2.21. The third-order valence-corrected chi connectivity index (χ3v) is 3.42. The van der Waals surface area contributed by atoms with Gasteiger partial charge in [-0.15, -0.1) is 0 Å². The summed E-state index contributed by atoms with van der Waals surface area (Å²) < 4.78 is 37.8. The van der Waals surface area contributed by atoms with E-state index >= 15 is 0 Å². The number of nitrogens with one attached hydrogen (secondary N) is 1. The first-order valence-corrected chi connectivity index (χ1v) is 6.44. The van der Waals surface area contributed by atoms with Gasteiger partial charge < -0.3 is 11.1 Å². The van der Waals surface area contributed by atoms with Gasteiger partial charge in [0.05, 0.1) is 16.3 Å². The summed E-state index contributed by atoms with van der Waals surface area (Å²) >= 11 is 5.89. The molecule has 1 atom stereocenters. The third-order valence-electron chi connectivity index (χ3n) is 3.09. The van der Waals surface area contributed by atoms with E-state index in [1.165, 1.54) is 6.07 Å². The largest absolute Gasteiger partial charge is 0.416 e. The van der Waals surface area contributed by atoms with Gasteiger partial charge in [0.2, 0.25) is 0 Å². The molecule has 0 aliphatic rings. The Labute approximate surface area is 116 Å². The van der Waals surface area contributed by atoms with Crippen LogP contribution in [0.15, 0.2) is 18.2 Å². The van der Waals surface area contributed by atoms with Crippen LogP contribution in [-0.4, -0.2) is 13.1 Å². The van der Waals surface area contributed by atoms with Crippen molar-refractivity contribution < 1.29 is 13.2 Å². The van der Waals surface area contributed by atoms with E-state index in [2.05, 4.69) is 5.32 Å². The zero-order chi connectivity index (χ0) is 14.6. The van der Waals surface area contributed by atoms with Gasteiger partial charge in [0.15, 0.2) is 0 Å². The Bertz CT molecular complexity index is 419. The summed E-state index contributed by atoms with van der Waals surface area (Å²) in [4.78, 5) is 0. The van der Waals surface area contributed by atoms with Gasteiger partial charge in [0, 0.05) is 6.54 Å². The van der Waals surface area contributed by atoms with E-state index < -0.39 is 11.7 Å². The lowest BCUT2D eigenvalue weighted by atomic mass is 9.96. The fraction of sp³-hybridized carbons (Fsp3) is 0.538. The van der Waals surface area contributed by atoms with Crippen molar-refractivity contribution in [3.8, 4) is 0 Å². The van der Waals surface area contributed by atoms with Crippen LogP contribution in [0.4, 0.5) is 18.9 Å². The number of hydrogen-bond donors (Lipinski definition) is 2. The fourth-order valence-corrected chi connectivity index (χ4v) is 1.85. The highest BCUT2D eigenvalue weighted by Gasteiger charge is 2.31. The van der Waals surface area contributed by atoms with Gasteiger partial charge in [0.1, 0.15) is 0 Å². The summed E-state index contributed by atoms with van der Waals surface area (Å²) in [5, 5.41) is 3.22. The zero-order valence-electron chi connectivity index (χ0n) is 10.9. The predicted molar refractivity (Wildman–Crippen MR) is 72.3 cm³/mol. The van der Waals surface area contributed by atoms with E-state index in [-0.39, 0.29) is 16.6 Å². The molecule has 0 saturated carbocycles. The molecule has 0 aliphatic heterocycles. The van der Waals surface area contributed by atoms with Crippen LogP contribution in [0.25, 0.3) is 0 Å². The van der Waals surface area contributed by atoms with E-state index in [9.17, 15) is 13.2 Å². The van der Waals surface area contributed by atoms with Crippen molar-refractivity contribution >= 4 is 17.3 Å². The molecule has 1 unspecified atom stereocenters. The highest BCUT2D eigenvalue weighted by Crippen LogP contribution is 2.33.